The fraction of sp³-hybridized carbons (Fsp3) is 0.900. The first-order chi connectivity index (χ1) is 6.85. The molecule has 0 saturated carbocycles. The molecular formula is C10H17BrO4. The first-order valence-corrected chi connectivity index (χ1v) is 5.69. The van der Waals surface area contributed by atoms with Gasteiger partial charge in [0.15, 0.2) is 5.79 Å². The van der Waals surface area contributed by atoms with Gasteiger partial charge in [0.2, 0.25) is 0 Å². The maximum absolute atomic E-state index is 10.6. The lowest BCUT2D eigenvalue weighted by Crippen LogP contribution is -2.29. The molecule has 0 amide bonds. The summed E-state index contributed by atoms with van der Waals surface area (Å²) in [5.41, 5.74) is 0. The van der Waals surface area contributed by atoms with Crippen molar-refractivity contribution in [3.8, 4) is 0 Å². The van der Waals surface area contributed by atoms with E-state index < -0.39 is 10.1 Å². The molecule has 0 aromatic rings. The fourth-order valence-corrected chi connectivity index (χ4v) is 1.43. The van der Waals surface area contributed by atoms with Crippen LogP contribution in [0.15, 0.2) is 0 Å². The summed E-state index contributed by atoms with van der Waals surface area (Å²) in [6.45, 7) is 6.80. The second kappa shape index (κ2) is 4.91. The van der Waals surface area contributed by atoms with Crippen LogP contribution < -0.4 is 0 Å². The maximum atomic E-state index is 10.6. The Kier molecular flexibility index (Phi) is 4.29. The molecule has 1 heterocycles. The molecule has 0 aromatic carbocycles. The zero-order chi connectivity index (χ0) is 11.5. The van der Waals surface area contributed by atoms with Gasteiger partial charge in [-0.25, -0.2) is 0 Å². The van der Waals surface area contributed by atoms with Gasteiger partial charge >= 0.3 is 0 Å². The van der Waals surface area contributed by atoms with Crippen LogP contribution in [0.5, 0.6) is 0 Å². The molecule has 1 rings (SSSR count). The fourth-order valence-electron chi connectivity index (χ4n) is 1.27. The molecule has 0 radical (unpaired) electrons. The quantitative estimate of drug-likeness (QED) is 0.566. The molecule has 1 saturated heterocycles. The molecule has 1 fully saturated rings. The van der Waals surface area contributed by atoms with E-state index in [-0.39, 0.29) is 6.10 Å². The molecule has 0 spiro atoms. The van der Waals surface area contributed by atoms with Crippen molar-refractivity contribution in [3.05, 3.63) is 0 Å². The molecule has 4 nitrogen and oxygen atoms in total. The number of ether oxygens (including phenoxy) is 3. The minimum absolute atomic E-state index is 0.0463. The number of hydrogen-bond acceptors (Lipinski definition) is 4. The van der Waals surface area contributed by atoms with Crippen LogP contribution in [-0.4, -0.2) is 42.3 Å². The van der Waals surface area contributed by atoms with E-state index in [1.165, 1.54) is 0 Å². The van der Waals surface area contributed by atoms with E-state index in [0.29, 0.717) is 19.8 Å². The summed E-state index contributed by atoms with van der Waals surface area (Å²) in [5.74, 6) is -0.517. The van der Waals surface area contributed by atoms with Crippen LogP contribution in [0, 0.1) is 0 Å². The van der Waals surface area contributed by atoms with Crippen LogP contribution in [0.2, 0.25) is 0 Å². The SMILES string of the molecule is CC(Br)(C=O)COCC1COC(C)(C)O1. The van der Waals surface area contributed by atoms with E-state index in [1.54, 1.807) is 6.92 Å². The van der Waals surface area contributed by atoms with Crippen LogP contribution in [0.4, 0.5) is 0 Å². The number of halogens is 1. The van der Waals surface area contributed by atoms with Crippen LogP contribution in [-0.2, 0) is 19.0 Å². The summed E-state index contributed by atoms with van der Waals surface area (Å²) in [6.07, 6.45) is 0.776. The number of carbonyl (C=O) groups excluding carboxylic acids is 1. The molecular weight excluding hydrogens is 264 g/mol. The molecule has 0 aromatic heterocycles. The van der Waals surface area contributed by atoms with Crippen molar-refractivity contribution in [2.75, 3.05) is 19.8 Å². The molecule has 5 heteroatoms. The minimum atomic E-state index is -0.609. The molecule has 0 bridgehead atoms. The number of aldehydes is 1. The van der Waals surface area contributed by atoms with Crippen LogP contribution >= 0.6 is 15.9 Å². The first-order valence-electron chi connectivity index (χ1n) is 4.89. The van der Waals surface area contributed by atoms with Crippen LogP contribution in [0.25, 0.3) is 0 Å². The average molecular weight is 281 g/mol. The Labute approximate surface area is 98.4 Å². The third-order valence-corrected chi connectivity index (χ3v) is 2.42. The number of hydrogen-bond donors (Lipinski definition) is 0. The van der Waals surface area contributed by atoms with Crippen molar-refractivity contribution >= 4 is 22.2 Å². The maximum Gasteiger partial charge on any atom is 0.163 e. The summed E-state index contributed by atoms with van der Waals surface area (Å²) < 4.78 is 15.7. The highest BCUT2D eigenvalue weighted by molar-refractivity contribution is 9.10. The smallest absolute Gasteiger partial charge is 0.163 e. The summed E-state index contributed by atoms with van der Waals surface area (Å²) in [7, 11) is 0. The Morgan fingerprint density at radius 3 is 2.80 bits per heavy atom. The van der Waals surface area contributed by atoms with Gasteiger partial charge in [-0.05, 0) is 20.8 Å². The van der Waals surface area contributed by atoms with Gasteiger partial charge in [0, 0.05) is 0 Å². The average Bonchev–Trinajstić information content (AvgIpc) is 2.45. The summed E-state index contributed by atoms with van der Waals surface area (Å²) >= 11 is 3.25. The van der Waals surface area contributed by atoms with Gasteiger partial charge < -0.3 is 19.0 Å². The first kappa shape index (κ1) is 13.1. The predicted molar refractivity (Wildman–Crippen MR) is 59.1 cm³/mol. The highest BCUT2D eigenvalue weighted by Gasteiger charge is 2.33. The van der Waals surface area contributed by atoms with E-state index in [4.69, 9.17) is 14.2 Å². The van der Waals surface area contributed by atoms with Crippen molar-refractivity contribution in [2.24, 2.45) is 0 Å². The number of alkyl halides is 1. The van der Waals surface area contributed by atoms with E-state index in [0.717, 1.165) is 6.29 Å². The monoisotopic (exact) mass is 280 g/mol. The van der Waals surface area contributed by atoms with Gasteiger partial charge in [-0.3, -0.25) is 0 Å². The molecule has 0 N–H and O–H groups in total. The van der Waals surface area contributed by atoms with Crippen molar-refractivity contribution in [3.63, 3.8) is 0 Å². The molecule has 2 atom stereocenters. The highest BCUT2D eigenvalue weighted by Crippen LogP contribution is 2.23. The van der Waals surface area contributed by atoms with E-state index in [2.05, 4.69) is 15.9 Å². The molecule has 0 aliphatic carbocycles. The lowest BCUT2D eigenvalue weighted by atomic mass is 10.2. The van der Waals surface area contributed by atoms with E-state index in [1.807, 2.05) is 13.8 Å². The van der Waals surface area contributed by atoms with Crippen molar-refractivity contribution in [2.45, 2.75) is 37.0 Å². The Hall–Kier alpha value is 0.0300. The second-order valence-corrected chi connectivity index (χ2v) is 6.17. The molecule has 88 valence electrons. The second-order valence-electron chi connectivity index (χ2n) is 4.36. The van der Waals surface area contributed by atoms with E-state index in [9.17, 15) is 4.79 Å². The van der Waals surface area contributed by atoms with Gasteiger partial charge in [-0.2, -0.15) is 0 Å². The topological polar surface area (TPSA) is 44.8 Å². The van der Waals surface area contributed by atoms with Gasteiger partial charge in [0.05, 0.1) is 19.8 Å². The Morgan fingerprint density at radius 2 is 2.33 bits per heavy atom. The Bertz CT molecular complexity index is 227. The van der Waals surface area contributed by atoms with Gasteiger partial charge in [-0.1, -0.05) is 15.9 Å². The van der Waals surface area contributed by atoms with Crippen molar-refractivity contribution in [1.29, 1.82) is 0 Å². The molecule has 15 heavy (non-hydrogen) atoms. The van der Waals surface area contributed by atoms with Crippen molar-refractivity contribution < 1.29 is 19.0 Å². The summed E-state index contributed by atoms with van der Waals surface area (Å²) in [5, 5.41) is 0. The largest absolute Gasteiger partial charge is 0.377 e. The van der Waals surface area contributed by atoms with Gasteiger partial charge in [-0.15, -0.1) is 0 Å². The standard InChI is InChI=1S/C10H17BrO4/c1-9(2)14-5-8(15-9)4-13-7-10(3,11)6-12/h6,8H,4-5,7H2,1-3H3. The third-order valence-electron chi connectivity index (χ3n) is 2.00. The van der Waals surface area contributed by atoms with E-state index >= 15 is 0 Å². The Balaban J connectivity index is 2.20. The molecule has 1 aliphatic rings. The molecule has 1 aliphatic heterocycles. The zero-order valence-electron chi connectivity index (χ0n) is 9.29. The summed E-state index contributed by atoms with van der Waals surface area (Å²) in [4.78, 5) is 10.6. The predicted octanol–water partition coefficient (Wildman–Crippen LogP) is 1.51. The number of rotatable bonds is 5. The van der Waals surface area contributed by atoms with Gasteiger partial charge in [0.25, 0.3) is 0 Å². The Morgan fingerprint density at radius 1 is 1.67 bits per heavy atom. The normalized spacial score (nSPS) is 28.7. The van der Waals surface area contributed by atoms with Crippen LogP contribution in [0.1, 0.15) is 20.8 Å². The molecule has 2 unspecified atom stereocenters. The lowest BCUT2D eigenvalue weighted by molar-refractivity contribution is -0.145. The van der Waals surface area contributed by atoms with Crippen LogP contribution in [0.3, 0.4) is 0 Å². The van der Waals surface area contributed by atoms with Gasteiger partial charge in [0.1, 0.15) is 16.7 Å². The zero-order valence-corrected chi connectivity index (χ0v) is 10.9. The third kappa shape index (κ3) is 4.59. The number of carbonyl (C=O) groups is 1. The summed E-state index contributed by atoms with van der Waals surface area (Å²) in [6, 6.07) is 0. The van der Waals surface area contributed by atoms with Crippen molar-refractivity contribution in [1.82, 2.24) is 0 Å². The minimum Gasteiger partial charge on any atom is -0.377 e. The lowest BCUT2D eigenvalue weighted by Gasteiger charge is -2.18. The highest BCUT2D eigenvalue weighted by atomic mass is 79.9.